The molecule has 0 spiro atoms. The lowest BCUT2D eigenvalue weighted by molar-refractivity contribution is 0.147. The van der Waals surface area contributed by atoms with E-state index in [0.717, 1.165) is 25.1 Å². The molecule has 3 nitrogen and oxygen atoms in total. The summed E-state index contributed by atoms with van der Waals surface area (Å²) in [7, 11) is 4.17. The maximum absolute atomic E-state index is 10.3. The third kappa shape index (κ3) is 3.81. The van der Waals surface area contributed by atoms with E-state index < -0.39 is 6.10 Å². The normalized spacial score (nSPS) is 12.9. The Morgan fingerprint density at radius 3 is 2.65 bits per heavy atom. The van der Waals surface area contributed by atoms with Gasteiger partial charge in [-0.1, -0.05) is 36.4 Å². The number of benzene rings is 2. The van der Waals surface area contributed by atoms with Crippen molar-refractivity contribution in [3.63, 3.8) is 0 Å². The van der Waals surface area contributed by atoms with Crippen LogP contribution in [0.4, 0.5) is 0 Å². The van der Waals surface area contributed by atoms with Crippen LogP contribution in [0.15, 0.2) is 60.8 Å². The lowest BCUT2D eigenvalue weighted by atomic mass is 10.1. The van der Waals surface area contributed by atoms with E-state index in [-0.39, 0.29) is 0 Å². The van der Waals surface area contributed by atoms with Gasteiger partial charge < -0.3 is 14.6 Å². The molecule has 1 aromatic heterocycles. The molecule has 0 aliphatic carbocycles. The van der Waals surface area contributed by atoms with Crippen LogP contribution in [0.3, 0.4) is 0 Å². The Hall–Kier alpha value is -2.10. The van der Waals surface area contributed by atoms with E-state index >= 15 is 0 Å². The molecule has 0 bridgehead atoms. The number of aryl methyl sites for hydroxylation is 1. The van der Waals surface area contributed by atoms with Crippen LogP contribution in [0.25, 0.3) is 10.9 Å². The summed E-state index contributed by atoms with van der Waals surface area (Å²) in [6.45, 7) is 1.76. The van der Waals surface area contributed by atoms with Crippen LogP contribution in [0.1, 0.15) is 23.7 Å². The van der Waals surface area contributed by atoms with Gasteiger partial charge in [0.25, 0.3) is 0 Å². The molecule has 0 radical (unpaired) electrons. The molecule has 0 amide bonds. The van der Waals surface area contributed by atoms with Crippen LogP contribution in [-0.4, -0.2) is 28.2 Å². The standard InChI is InChI=1S/C20H24N2O/c1-21(12-11-20(23)17-6-4-3-5-7-17)15-16-8-9-19-18(14-16)10-13-22(19)2/h3-10,13-14,20,23H,11-12,15H2,1-2H3. The maximum atomic E-state index is 10.3. The topological polar surface area (TPSA) is 28.4 Å². The maximum Gasteiger partial charge on any atom is 0.0802 e. The number of fused-ring (bicyclic) bond motifs is 1. The monoisotopic (exact) mass is 308 g/mol. The molecule has 1 N–H and O–H groups in total. The Kier molecular flexibility index (Phi) is 4.79. The number of aliphatic hydroxyl groups excluding tert-OH is 1. The van der Waals surface area contributed by atoms with E-state index in [2.05, 4.69) is 54.0 Å². The van der Waals surface area contributed by atoms with Crippen LogP contribution in [-0.2, 0) is 13.6 Å². The van der Waals surface area contributed by atoms with Crippen molar-refractivity contribution in [1.29, 1.82) is 0 Å². The van der Waals surface area contributed by atoms with Crippen molar-refractivity contribution in [1.82, 2.24) is 9.47 Å². The summed E-state index contributed by atoms with van der Waals surface area (Å²) in [6, 6.07) is 18.6. The first kappa shape index (κ1) is 15.8. The van der Waals surface area contributed by atoms with Crippen molar-refractivity contribution in [2.45, 2.75) is 19.1 Å². The lowest BCUT2D eigenvalue weighted by Gasteiger charge is -2.19. The van der Waals surface area contributed by atoms with Crippen molar-refractivity contribution in [3.05, 3.63) is 71.9 Å². The van der Waals surface area contributed by atoms with Crippen LogP contribution >= 0.6 is 0 Å². The van der Waals surface area contributed by atoms with E-state index in [9.17, 15) is 5.11 Å². The summed E-state index contributed by atoms with van der Waals surface area (Å²) >= 11 is 0. The minimum Gasteiger partial charge on any atom is -0.388 e. The zero-order valence-electron chi connectivity index (χ0n) is 13.8. The van der Waals surface area contributed by atoms with Crippen LogP contribution in [0.5, 0.6) is 0 Å². The molecule has 0 saturated carbocycles. The van der Waals surface area contributed by atoms with E-state index in [0.29, 0.717) is 0 Å². The first-order valence-electron chi connectivity index (χ1n) is 8.09. The zero-order valence-corrected chi connectivity index (χ0v) is 13.8. The van der Waals surface area contributed by atoms with Gasteiger partial charge in [0.1, 0.15) is 0 Å². The average molecular weight is 308 g/mol. The summed E-state index contributed by atoms with van der Waals surface area (Å²) in [5.41, 5.74) is 3.56. The number of hydrogen-bond acceptors (Lipinski definition) is 2. The second-order valence-electron chi connectivity index (χ2n) is 6.27. The fraction of sp³-hybridized carbons (Fsp3) is 0.300. The molecule has 0 saturated heterocycles. The van der Waals surface area contributed by atoms with Crippen molar-refractivity contribution in [3.8, 4) is 0 Å². The van der Waals surface area contributed by atoms with Gasteiger partial charge in [0.15, 0.2) is 0 Å². The van der Waals surface area contributed by atoms with Crippen molar-refractivity contribution in [2.24, 2.45) is 7.05 Å². The number of hydrogen-bond donors (Lipinski definition) is 1. The van der Waals surface area contributed by atoms with Crippen LogP contribution in [0, 0.1) is 0 Å². The lowest BCUT2D eigenvalue weighted by Crippen LogP contribution is -2.20. The van der Waals surface area contributed by atoms with E-state index in [1.807, 2.05) is 30.3 Å². The van der Waals surface area contributed by atoms with Crippen molar-refractivity contribution < 1.29 is 5.11 Å². The van der Waals surface area contributed by atoms with Gasteiger partial charge in [-0.3, -0.25) is 0 Å². The molecule has 0 aliphatic rings. The van der Waals surface area contributed by atoms with Gasteiger partial charge in [-0.25, -0.2) is 0 Å². The predicted octanol–water partition coefficient (Wildman–Crippen LogP) is 3.73. The zero-order chi connectivity index (χ0) is 16.2. The highest BCUT2D eigenvalue weighted by molar-refractivity contribution is 5.80. The van der Waals surface area contributed by atoms with Gasteiger partial charge in [-0.05, 0) is 48.2 Å². The first-order chi connectivity index (χ1) is 11.1. The molecule has 1 heterocycles. The molecule has 1 atom stereocenters. The Bertz CT molecular complexity index is 764. The quantitative estimate of drug-likeness (QED) is 0.751. The molecule has 1 unspecified atom stereocenters. The molecule has 2 aromatic carbocycles. The summed E-state index contributed by atoms with van der Waals surface area (Å²) < 4.78 is 2.14. The average Bonchev–Trinajstić information content (AvgIpc) is 2.94. The predicted molar refractivity (Wildman–Crippen MR) is 95.3 cm³/mol. The minimum absolute atomic E-state index is 0.393. The van der Waals surface area contributed by atoms with Gasteiger partial charge in [0.2, 0.25) is 0 Å². The third-order valence-electron chi connectivity index (χ3n) is 4.37. The fourth-order valence-corrected chi connectivity index (χ4v) is 3.00. The van der Waals surface area contributed by atoms with Crippen molar-refractivity contribution in [2.75, 3.05) is 13.6 Å². The third-order valence-corrected chi connectivity index (χ3v) is 4.37. The van der Waals surface area contributed by atoms with Gasteiger partial charge in [0.05, 0.1) is 6.10 Å². The molecule has 3 heteroatoms. The second-order valence-corrected chi connectivity index (χ2v) is 6.27. The Balaban J connectivity index is 1.57. The largest absolute Gasteiger partial charge is 0.388 e. The smallest absolute Gasteiger partial charge is 0.0802 e. The summed E-state index contributed by atoms with van der Waals surface area (Å²) in [4.78, 5) is 2.26. The van der Waals surface area contributed by atoms with Gasteiger partial charge >= 0.3 is 0 Å². The Morgan fingerprint density at radius 1 is 1.09 bits per heavy atom. The van der Waals surface area contributed by atoms with Crippen LogP contribution in [0.2, 0.25) is 0 Å². The molecule has 3 rings (SSSR count). The van der Waals surface area contributed by atoms with E-state index in [1.165, 1.54) is 16.5 Å². The first-order valence-corrected chi connectivity index (χ1v) is 8.09. The van der Waals surface area contributed by atoms with Gasteiger partial charge in [-0.15, -0.1) is 0 Å². The molecular weight excluding hydrogens is 284 g/mol. The number of nitrogens with zero attached hydrogens (tertiary/aromatic N) is 2. The van der Waals surface area contributed by atoms with E-state index in [1.54, 1.807) is 0 Å². The minimum atomic E-state index is -0.393. The highest BCUT2D eigenvalue weighted by Crippen LogP contribution is 2.19. The summed E-state index contributed by atoms with van der Waals surface area (Å²) in [6.07, 6.45) is 2.44. The number of rotatable bonds is 6. The Labute approximate surface area is 137 Å². The van der Waals surface area contributed by atoms with E-state index in [4.69, 9.17) is 0 Å². The fourth-order valence-electron chi connectivity index (χ4n) is 3.00. The molecule has 23 heavy (non-hydrogen) atoms. The number of aliphatic hydroxyl groups is 1. The van der Waals surface area contributed by atoms with Gasteiger partial charge in [0, 0.05) is 31.9 Å². The number of aromatic nitrogens is 1. The molecular formula is C20H24N2O. The highest BCUT2D eigenvalue weighted by Gasteiger charge is 2.09. The highest BCUT2D eigenvalue weighted by atomic mass is 16.3. The summed E-state index contributed by atoms with van der Waals surface area (Å²) in [5.74, 6) is 0. The molecule has 0 fully saturated rings. The molecule has 0 aliphatic heterocycles. The summed E-state index contributed by atoms with van der Waals surface area (Å²) in [5, 5.41) is 11.5. The Morgan fingerprint density at radius 2 is 1.87 bits per heavy atom. The SMILES string of the molecule is CN(CCC(O)c1ccccc1)Cc1ccc2c(ccn2C)c1. The van der Waals surface area contributed by atoms with Gasteiger partial charge in [-0.2, -0.15) is 0 Å². The molecule has 3 aromatic rings. The molecule has 120 valence electrons. The second kappa shape index (κ2) is 6.99. The van der Waals surface area contributed by atoms with Crippen LogP contribution < -0.4 is 0 Å². The van der Waals surface area contributed by atoms with Crippen molar-refractivity contribution >= 4 is 10.9 Å².